The highest BCUT2D eigenvalue weighted by Gasteiger charge is 2.17. The van der Waals surface area contributed by atoms with Crippen molar-refractivity contribution in [3.63, 3.8) is 0 Å². The van der Waals surface area contributed by atoms with Crippen molar-refractivity contribution in [3.8, 4) is 0 Å². The molecule has 1 aliphatic heterocycles. The van der Waals surface area contributed by atoms with Crippen LogP contribution in [0.4, 0.5) is 5.82 Å². The number of fused-ring (bicyclic) bond motifs is 1. The van der Waals surface area contributed by atoms with E-state index in [9.17, 15) is 0 Å². The summed E-state index contributed by atoms with van der Waals surface area (Å²) < 4.78 is 0. The molecule has 2 rings (SSSR count). The zero-order valence-electron chi connectivity index (χ0n) is 9.45. The lowest BCUT2D eigenvalue weighted by molar-refractivity contribution is 0.619. The van der Waals surface area contributed by atoms with E-state index in [1.54, 1.807) is 6.33 Å². The average Bonchev–Trinajstić information content (AvgIpc) is 2.31. The molecule has 0 saturated heterocycles. The first-order valence-electron chi connectivity index (χ1n) is 5.65. The topological polar surface area (TPSA) is 41.1 Å². The maximum Gasteiger partial charge on any atom is 0.135 e. The summed E-state index contributed by atoms with van der Waals surface area (Å²) in [5.41, 5.74) is 2.50. The second-order valence-electron chi connectivity index (χ2n) is 3.72. The van der Waals surface area contributed by atoms with Crippen LogP contribution < -0.4 is 10.2 Å². The lowest BCUT2D eigenvalue weighted by Gasteiger charge is -2.26. The van der Waals surface area contributed by atoms with Gasteiger partial charge in [0.2, 0.25) is 0 Å². The monoisotopic (exact) mass is 206 g/mol. The van der Waals surface area contributed by atoms with Crippen LogP contribution in [-0.2, 0) is 13.0 Å². The Morgan fingerprint density at radius 1 is 1.33 bits per heavy atom. The molecule has 15 heavy (non-hydrogen) atoms. The van der Waals surface area contributed by atoms with E-state index in [0.29, 0.717) is 0 Å². The van der Waals surface area contributed by atoms with Gasteiger partial charge in [0.25, 0.3) is 0 Å². The first-order valence-corrected chi connectivity index (χ1v) is 5.65. The summed E-state index contributed by atoms with van der Waals surface area (Å²) in [4.78, 5) is 11.0. The van der Waals surface area contributed by atoms with Gasteiger partial charge in [-0.1, -0.05) is 0 Å². The highest BCUT2D eigenvalue weighted by Crippen LogP contribution is 2.21. The van der Waals surface area contributed by atoms with E-state index in [2.05, 4.69) is 34.0 Å². The number of anilines is 1. The van der Waals surface area contributed by atoms with Crippen LogP contribution in [-0.4, -0.2) is 29.6 Å². The Balaban J connectivity index is 2.38. The number of aromatic nitrogens is 2. The molecule has 0 amide bonds. The third-order valence-corrected chi connectivity index (χ3v) is 2.92. The first-order chi connectivity index (χ1) is 7.36. The minimum absolute atomic E-state index is 0.881. The number of hydrogen-bond donors (Lipinski definition) is 1. The molecule has 0 aliphatic carbocycles. The molecule has 1 aliphatic rings. The van der Waals surface area contributed by atoms with E-state index in [0.717, 1.165) is 44.1 Å². The smallest absolute Gasteiger partial charge is 0.135 e. The maximum absolute atomic E-state index is 4.42. The molecular formula is C11H18N4. The van der Waals surface area contributed by atoms with Gasteiger partial charge in [-0.2, -0.15) is 0 Å². The Morgan fingerprint density at radius 2 is 2.13 bits per heavy atom. The van der Waals surface area contributed by atoms with E-state index in [-0.39, 0.29) is 0 Å². The van der Waals surface area contributed by atoms with Crippen LogP contribution in [0.15, 0.2) is 6.33 Å². The SMILES string of the molecule is CCN(CC)c1ncnc2c1CCNC2. The van der Waals surface area contributed by atoms with Gasteiger partial charge in [-0.25, -0.2) is 9.97 Å². The third-order valence-electron chi connectivity index (χ3n) is 2.92. The van der Waals surface area contributed by atoms with Gasteiger partial charge >= 0.3 is 0 Å². The third kappa shape index (κ3) is 1.95. The summed E-state index contributed by atoms with van der Waals surface area (Å²) in [6, 6.07) is 0. The van der Waals surface area contributed by atoms with Gasteiger partial charge in [-0.15, -0.1) is 0 Å². The number of rotatable bonds is 3. The summed E-state index contributed by atoms with van der Waals surface area (Å²) in [5.74, 6) is 1.13. The Labute approximate surface area is 90.7 Å². The minimum Gasteiger partial charge on any atom is -0.357 e. The van der Waals surface area contributed by atoms with E-state index in [4.69, 9.17) is 0 Å². The van der Waals surface area contributed by atoms with Gasteiger partial charge in [0.05, 0.1) is 5.69 Å². The zero-order chi connectivity index (χ0) is 10.7. The van der Waals surface area contributed by atoms with E-state index in [1.807, 2.05) is 0 Å². The maximum atomic E-state index is 4.42. The van der Waals surface area contributed by atoms with Crippen molar-refractivity contribution in [2.24, 2.45) is 0 Å². The predicted molar refractivity (Wildman–Crippen MR) is 61.0 cm³/mol. The zero-order valence-corrected chi connectivity index (χ0v) is 9.45. The standard InChI is InChI=1S/C11H18N4/c1-3-15(4-2)11-9-5-6-12-7-10(9)13-8-14-11/h8,12H,3-7H2,1-2H3. The molecular weight excluding hydrogens is 188 g/mol. The Kier molecular flexibility index (Phi) is 3.16. The lowest BCUT2D eigenvalue weighted by Crippen LogP contribution is -2.30. The van der Waals surface area contributed by atoms with E-state index < -0.39 is 0 Å². The van der Waals surface area contributed by atoms with Gasteiger partial charge in [-0.05, 0) is 26.8 Å². The van der Waals surface area contributed by atoms with Crippen molar-refractivity contribution < 1.29 is 0 Å². The Bertz CT molecular complexity index is 333. The molecule has 0 spiro atoms. The van der Waals surface area contributed by atoms with Gasteiger partial charge < -0.3 is 10.2 Å². The molecule has 4 nitrogen and oxygen atoms in total. The molecule has 0 bridgehead atoms. The molecule has 1 aromatic heterocycles. The molecule has 0 atom stereocenters. The van der Waals surface area contributed by atoms with Crippen LogP contribution >= 0.6 is 0 Å². The van der Waals surface area contributed by atoms with Crippen LogP contribution in [0.1, 0.15) is 25.1 Å². The molecule has 0 saturated carbocycles. The van der Waals surface area contributed by atoms with Gasteiger partial charge in [0.15, 0.2) is 0 Å². The van der Waals surface area contributed by atoms with Crippen molar-refractivity contribution >= 4 is 5.82 Å². The normalized spacial score (nSPS) is 14.8. The molecule has 0 aromatic carbocycles. The van der Waals surface area contributed by atoms with Crippen molar-refractivity contribution in [1.82, 2.24) is 15.3 Å². The van der Waals surface area contributed by atoms with Crippen LogP contribution in [0.2, 0.25) is 0 Å². The molecule has 4 heteroatoms. The number of hydrogen-bond acceptors (Lipinski definition) is 4. The van der Waals surface area contributed by atoms with Crippen LogP contribution in [0.3, 0.4) is 0 Å². The summed E-state index contributed by atoms with van der Waals surface area (Å²) in [5, 5.41) is 3.33. The van der Waals surface area contributed by atoms with Crippen molar-refractivity contribution in [3.05, 3.63) is 17.6 Å². The summed E-state index contributed by atoms with van der Waals surface area (Å²) in [6.07, 6.45) is 2.72. The Morgan fingerprint density at radius 3 is 2.87 bits per heavy atom. The molecule has 0 unspecified atom stereocenters. The second-order valence-corrected chi connectivity index (χ2v) is 3.72. The fourth-order valence-electron chi connectivity index (χ4n) is 2.06. The van der Waals surface area contributed by atoms with Crippen LogP contribution in [0, 0.1) is 0 Å². The summed E-state index contributed by atoms with van der Waals surface area (Å²) >= 11 is 0. The predicted octanol–water partition coefficient (Wildman–Crippen LogP) is 0.968. The highest BCUT2D eigenvalue weighted by atomic mass is 15.2. The highest BCUT2D eigenvalue weighted by molar-refractivity contribution is 5.49. The van der Waals surface area contributed by atoms with E-state index in [1.165, 1.54) is 5.56 Å². The van der Waals surface area contributed by atoms with Crippen molar-refractivity contribution in [2.45, 2.75) is 26.8 Å². The van der Waals surface area contributed by atoms with Crippen molar-refractivity contribution in [2.75, 3.05) is 24.5 Å². The summed E-state index contributed by atoms with van der Waals surface area (Å²) in [7, 11) is 0. The minimum atomic E-state index is 0.881. The number of nitrogens with one attached hydrogen (secondary N) is 1. The molecule has 1 aromatic rings. The fraction of sp³-hybridized carbons (Fsp3) is 0.636. The van der Waals surface area contributed by atoms with E-state index >= 15 is 0 Å². The molecule has 0 radical (unpaired) electrons. The quantitative estimate of drug-likeness (QED) is 0.800. The lowest BCUT2D eigenvalue weighted by atomic mass is 10.1. The molecule has 0 fully saturated rings. The fourth-order valence-corrected chi connectivity index (χ4v) is 2.06. The van der Waals surface area contributed by atoms with Crippen molar-refractivity contribution in [1.29, 1.82) is 0 Å². The average molecular weight is 206 g/mol. The molecule has 82 valence electrons. The van der Waals surface area contributed by atoms with Crippen LogP contribution in [0.5, 0.6) is 0 Å². The second kappa shape index (κ2) is 4.57. The van der Waals surface area contributed by atoms with Gasteiger partial charge in [0, 0.05) is 25.2 Å². The largest absolute Gasteiger partial charge is 0.357 e. The van der Waals surface area contributed by atoms with Gasteiger partial charge in [-0.3, -0.25) is 0 Å². The molecule has 2 heterocycles. The first kappa shape index (κ1) is 10.4. The van der Waals surface area contributed by atoms with Crippen LogP contribution in [0.25, 0.3) is 0 Å². The Hall–Kier alpha value is -1.16. The van der Waals surface area contributed by atoms with Gasteiger partial charge in [0.1, 0.15) is 12.1 Å². The molecule has 1 N–H and O–H groups in total. The summed E-state index contributed by atoms with van der Waals surface area (Å²) in [6.45, 7) is 8.26. The number of nitrogens with zero attached hydrogens (tertiary/aromatic N) is 3.